The molecule has 0 bridgehead atoms. The van der Waals surface area contributed by atoms with Crippen molar-refractivity contribution in [1.29, 1.82) is 0 Å². The van der Waals surface area contributed by atoms with E-state index in [2.05, 4.69) is 39.4 Å². The van der Waals surface area contributed by atoms with Crippen molar-refractivity contribution in [3.8, 4) is 0 Å². The lowest BCUT2D eigenvalue weighted by Crippen LogP contribution is -2.16. The van der Waals surface area contributed by atoms with Crippen molar-refractivity contribution >= 4 is 17.8 Å². The molecule has 0 saturated carbocycles. The third kappa shape index (κ3) is 7.11. The Labute approximate surface area is 128 Å². The van der Waals surface area contributed by atoms with Crippen molar-refractivity contribution in [2.45, 2.75) is 46.0 Å². The van der Waals surface area contributed by atoms with Gasteiger partial charge in [0.05, 0.1) is 0 Å². The van der Waals surface area contributed by atoms with Gasteiger partial charge < -0.3 is 15.5 Å². The molecule has 6 heteroatoms. The number of rotatable bonds is 10. The fraction of sp³-hybridized carbons (Fsp3) is 0.800. The van der Waals surface area contributed by atoms with Crippen LogP contribution in [0.5, 0.6) is 0 Å². The number of anilines is 3. The van der Waals surface area contributed by atoms with Crippen LogP contribution in [0.25, 0.3) is 0 Å². The summed E-state index contributed by atoms with van der Waals surface area (Å²) in [5.41, 5.74) is 0. The molecule has 0 radical (unpaired) electrons. The fourth-order valence-corrected chi connectivity index (χ4v) is 1.99. The third-order valence-electron chi connectivity index (χ3n) is 3.24. The van der Waals surface area contributed by atoms with Gasteiger partial charge in [-0.1, -0.05) is 39.5 Å². The van der Waals surface area contributed by atoms with Gasteiger partial charge in [0.15, 0.2) is 0 Å². The lowest BCUT2D eigenvalue weighted by molar-refractivity contribution is 0.523. The molecule has 0 fully saturated rings. The Balaban J connectivity index is 2.33. The summed E-state index contributed by atoms with van der Waals surface area (Å²) < 4.78 is 0. The van der Waals surface area contributed by atoms with Gasteiger partial charge in [-0.15, -0.1) is 0 Å². The maximum Gasteiger partial charge on any atom is 0.231 e. The number of hydrogen-bond acceptors (Lipinski definition) is 6. The Kier molecular flexibility index (Phi) is 7.79. The van der Waals surface area contributed by atoms with Crippen LogP contribution in [0.3, 0.4) is 0 Å². The maximum atomic E-state index is 4.39. The van der Waals surface area contributed by atoms with E-state index in [1.54, 1.807) is 0 Å². The van der Waals surface area contributed by atoms with Gasteiger partial charge in [0.1, 0.15) is 0 Å². The molecule has 0 aliphatic rings. The van der Waals surface area contributed by atoms with Gasteiger partial charge in [-0.05, 0) is 12.3 Å². The minimum atomic E-state index is 0.591. The van der Waals surface area contributed by atoms with Crippen LogP contribution in [-0.2, 0) is 0 Å². The molecular formula is C15H30N6. The maximum absolute atomic E-state index is 4.39. The fourth-order valence-electron chi connectivity index (χ4n) is 1.99. The van der Waals surface area contributed by atoms with Gasteiger partial charge >= 0.3 is 0 Å². The van der Waals surface area contributed by atoms with Crippen molar-refractivity contribution in [2.24, 2.45) is 5.92 Å². The largest absolute Gasteiger partial charge is 0.357 e. The van der Waals surface area contributed by atoms with Crippen molar-refractivity contribution < 1.29 is 0 Å². The van der Waals surface area contributed by atoms with E-state index in [1.807, 2.05) is 26.0 Å². The van der Waals surface area contributed by atoms with E-state index in [0.717, 1.165) is 18.9 Å². The highest BCUT2D eigenvalue weighted by molar-refractivity contribution is 5.42. The molecule has 0 spiro atoms. The van der Waals surface area contributed by atoms with Crippen LogP contribution in [0.15, 0.2) is 0 Å². The van der Waals surface area contributed by atoms with Crippen LogP contribution in [0.4, 0.5) is 17.8 Å². The van der Waals surface area contributed by atoms with Gasteiger partial charge in [0, 0.05) is 27.7 Å². The molecule has 1 aromatic rings. The summed E-state index contributed by atoms with van der Waals surface area (Å²) in [6.45, 7) is 5.47. The Bertz CT molecular complexity index is 405. The quantitative estimate of drug-likeness (QED) is 0.647. The summed E-state index contributed by atoms with van der Waals surface area (Å²) in [5, 5.41) is 6.25. The molecule has 0 aromatic carbocycles. The second-order valence-corrected chi connectivity index (χ2v) is 5.95. The van der Waals surface area contributed by atoms with E-state index < -0.39 is 0 Å². The van der Waals surface area contributed by atoms with Gasteiger partial charge in [-0.25, -0.2) is 0 Å². The number of unbranched alkanes of at least 4 members (excludes halogenated alkanes) is 3. The minimum Gasteiger partial charge on any atom is -0.357 e. The van der Waals surface area contributed by atoms with E-state index in [1.165, 1.54) is 25.7 Å². The van der Waals surface area contributed by atoms with Crippen molar-refractivity contribution in [3.63, 3.8) is 0 Å². The second kappa shape index (κ2) is 9.37. The summed E-state index contributed by atoms with van der Waals surface area (Å²) in [4.78, 5) is 14.9. The van der Waals surface area contributed by atoms with Crippen LogP contribution in [0.1, 0.15) is 46.0 Å². The zero-order valence-corrected chi connectivity index (χ0v) is 14.1. The van der Waals surface area contributed by atoms with E-state index >= 15 is 0 Å². The molecule has 0 amide bonds. The number of aromatic nitrogens is 3. The average molecular weight is 294 g/mol. The standard InChI is InChI=1S/C15H30N6/c1-12(2)10-8-6-7-9-11-17-14-18-13(16-3)19-15(20-14)21(4)5/h12H,6-11H2,1-5H3,(H2,16,17,18,19,20). The van der Waals surface area contributed by atoms with Crippen LogP contribution in [-0.4, -0.2) is 42.6 Å². The predicted molar refractivity (Wildman–Crippen MR) is 90.1 cm³/mol. The van der Waals surface area contributed by atoms with E-state index in [4.69, 9.17) is 0 Å². The Hall–Kier alpha value is -1.59. The number of hydrogen-bond donors (Lipinski definition) is 2. The highest BCUT2D eigenvalue weighted by atomic mass is 15.3. The molecule has 0 aliphatic carbocycles. The van der Waals surface area contributed by atoms with Gasteiger partial charge in [-0.2, -0.15) is 15.0 Å². The molecule has 21 heavy (non-hydrogen) atoms. The predicted octanol–water partition coefficient (Wildman–Crippen LogP) is 3.00. The molecule has 2 N–H and O–H groups in total. The first-order chi connectivity index (χ1) is 10.0. The molecule has 0 atom stereocenters. The molecule has 1 rings (SSSR count). The third-order valence-corrected chi connectivity index (χ3v) is 3.24. The highest BCUT2D eigenvalue weighted by Gasteiger charge is 2.06. The molecule has 6 nitrogen and oxygen atoms in total. The molecule has 0 saturated heterocycles. The first kappa shape index (κ1) is 17.5. The topological polar surface area (TPSA) is 66.0 Å². The Morgan fingerprint density at radius 2 is 1.62 bits per heavy atom. The van der Waals surface area contributed by atoms with Gasteiger partial charge in [-0.3, -0.25) is 0 Å². The second-order valence-electron chi connectivity index (χ2n) is 5.95. The zero-order valence-electron chi connectivity index (χ0n) is 14.1. The van der Waals surface area contributed by atoms with Crippen LogP contribution >= 0.6 is 0 Å². The van der Waals surface area contributed by atoms with E-state index in [9.17, 15) is 0 Å². The molecular weight excluding hydrogens is 264 g/mol. The van der Waals surface area contributed by atoms with Crippen molar-refractivity contribution in [1.82, 2.24) is 15.0 Å². The van der Waals surface area contributed by atoms with E-state index in [-0.39, 0.29) is 0 Å². The normalized spacial score (nSPS) is 10.8. The molecule has 0 unspecified atom stereocenters. The summed E-state index contributed by atoms with van der Waals surface area (Å²) in [6.07, 6.45) is 6.37. The average Bonchev–Trinajstić information content (AvgIpc) is 2.45. The SMILES string of the molecule is CNc1nc(NCCCCCCC(C)C)nc(N(C)C)n1. The Morgan fingerprint density at radius 3 is 2.24 bits per heavy atom. The summed E-state index contributed by atoms with van der Waals surface area (Å²) in [5.74, 6) is 2.71. The first-order valence-electron chi connectivity index (χ1n) is 7.88. The highest BCUT2D eigenvalue weighted by Crippen LogP contribution is 2.12. The zero-order chi connectivity index (χ0) is 15.7. The molecule has 0 aliphatic heterocycles. The minimum absolute atomic E-state index is 0.591. The van der Waals surface area contributed by atoms with Gasteiger partial charge in [0.25, 0.3) is 0 Å². The lowest BCUT2D eigenvalue weighted by Gasteiger charge is -2.13. The smallest absolute Gasteiger partial charge is 0.231 e. The van der Waals surface area contributed by atoms with E-state index in [0.29, 0.717) is 17.8 Å². The lowest BCUT2D eigenvalue weighted by atomic mass is 10.0. The Morgan fingerprint density at radius 1 is 0.952 bits per heavy atom. The molecule has 120 valence electrons. The number of nitrogens with one attached hydrogen (secondary N) is 2. The summed E-state index contributed by atoms with van der Waals surface area (Å²) in [7, 11) is 5.66. The summed E-state index contributed by atoms with van der Waals surface area (Å²) in [6, 6.07) is 0. The van der Waals surface area contributed by atoms with Crippen LogP contribution < -0.4 is 15.5 Å². The van der Waals surface area contributed by atoms with Crippen LogP contribution in [0.2, 0.25) is 0 Å². The monoisotopic (exact) mass is 294 g/mol. The number of nitrogens with zero attached hydrogens (tertiary/aromatic N) is 4. The van der Waals surface area contributed by atoms with Crippen LogP contribution in [0, 0.1) is 5.92 Å². The first-order valence-corrected chi connectivity index (χ1v) is 7.88. The molecule has 1 heterocycles. The van der Waals surface area contributed by atoms with Gasteiger partial charge in [0.2, 0.25) is 17.8 Å². The summed E-state index contributed by atoms with van der Waals surface area (Å²) >= 11 is 0. The van der Waals surface area contributed by atoms with Crippen molar-refractivity contribution in [2.75, 3.05) is 43.2 Å². The van der Waals surface area contributed by atoms with Crippen molar-refractivity contribution in [3.05, 3.63) is 0 Å². The molecule has 1 aromatic heterocycles.